The number of para-hydroxylation sites is 1. The van der Waals surface area contributed by atoms with Crippen LogP contribution in [-0.4, -0.2) is 47.6 Å². The monoisotopic (exact) mass is 804 g/mol. The second kappa shape index (κ2) is 13.6. The number of hydrogen-bond acceptors (Lipinski definition) is 9. The number of carbonyl (C=O) groups is 3. The summed E-state index contributed by atoms with van der Waals surface area (Å²) in [4.78, 5) is 43.9. The number of anilines is 1. The van der Waals surface area contributed by atoms with Crippen LogP contribution in [0, 0.1) is 13.8 Å². The van der Waals surface area contributed by atoms with Gasteiger partial charge in [-0.15, -0.1) is 10.2 Å². The normalized spacial score (nSPS) is 13.2. The van der Waals surface area contributed by atoms with Crippen molar-refractivity contribution in [3.05, 3.63) is 146 Å². The van der Waals surface area contributed by atoms with Gasteiger partial charge >= 0.3 is 0 Å². The maximum atomic E-state index is 14.0. The number of fused-ring (bicyclic) bond motifs is 5. The molecule has 5 aromatic carbocycles. The lowest BCUT2D eigenvalue weighted by Gasteiger charge is -2.21. The maximum absolute atomic E-state index is 14.0. The predicted octanol–water partition coefficient (Wildman–Crippen LogP) is 8.94. The summed E-state index contributed by atoms with van der Waals surface area (Å²) in [7, 11) is -3.58. The second-order valence-corrected chi connectivity index (χ2v) is 14.7. The number of benzene rings is 5. The number of aromatic amines is 1. The summed E-state index contributed by atoms with van der Waals surface area (Å²) in [6.45, 7) is 7.35. The van der Waals surface area contributed by atoms with Crippen LogP contribution in [0.2, 0.25) is 0 Å². The zero-order valence-corrected chi connectivity index (χ0v) is 31.2. The Labute approximate surface area is 316 Å². The largest absolute Gasteiger partial charge is 0.505 e. The Morgan fingerprint density at radius 2 is 1.56 bits per heavy atom. The molecule has 0 atom stereocenters. The minimum absolute atomic E-state index is 0.0120. The third kappa shape index (κ3) is 6.09. The van der Waals surface area contributed by atoms with Crippen molar-refractivity contribution in [2.75, 3.05) is 12.4 Å². The average Bonchev–Trinajstić information content (AvgIpc) is 3.53. The van der Waals surface area contributed by atoms with Crippen LogP contribution in [0.4, 0.5) is 11.4 Å². The van der Waals surface area contributed by atoms with Gasteiger partial charge < -0.3 is 20.1 Å². The van der Waals surface area contributed by atoms with Gasteiger partial charge in [-0.1, -0.05) is 61.2 Å². The Balaban J connectivity index is 1.47. The van der Waals surface area contributed by atoms with E-state index >= 15 is 0 Å². The van der Waals surface area contributed by atoms with Crippen molar-refractivity contribution in [1.29, 1.82) is 0 Å². The van der Waals surface area contributed by atoms with Gasteiger partial charge in [0.05, 0.1) is 29.3 Å². The quantitative estimate of drug-likeness (QED) is 0.0385. The van der Waals surface area contributed by atoms with E-state index in [1.807, 2.05) is 30.3 Å². The molecule has 14 heteroatoms. The number of aliphatic hydroxyl groups is 1. The number of hydrogen-bond donors (Lipinski definition) is 4. The molecule has 12 nitrogen and oxygen atoms in total. The molecule has 0 fully saturated rings. The van der Waals surface area contributed by atoms with E-state index in [2.05, 4.69) is 43.0 Å². The number of aryl methyl sites for hydroxylation is 2. The number of nitrogens with zero attached hydrogens (tertiary/aromatic N) is 2. The first-order valence-corrected chi connectivity index (χ1v) is 18.5. The van der Waals surface area contributed by atoms with Gasteiger partial charge in [0.15, 0.2) is 17.3 Å². The summed E-state index contributed by atoms with van der Waals surface area (Å²) in [6, 6.07) is 23.1. The molecule has 54 heavy (non-hydrogen) atoms. The molecule has 7 rings (SSSR count). The Morgan fingerprint density at radius 3 is 2.22 bits per heavy atom. The molecule has 0 unspecified atom stereocenters. The second-order valence-electron chi connectivity index (χ2n) is 12.5. The molecular weight excluding hydrogens is 776 g/mol. The van der Waals surface area contributed by atoms with Gasteiger partial charge in [0.1, 0.15) is 22.0 Å². The number of ether oxygens (including phenoxy) is 1. The van der Waals surface area contributed by atoms with Gasteiger partial charge in [-0.25, -0.2) is 0 Å². The minimum atomic E-state index is -5.10. The van der Waals surface area contributed by atoms with Crippen molar-refractivity contribution in [1.82, 2.24) is 4.98 Å². The number of aliphatic hydroxyl groups excluding tert-OH is 1. The van der Waals surface area contributed by atoms with Crippen LogP contribution in [-0.2, 0) is 14.9 Å². The lowest BCUT2D eigenvalue weighted by atomic mass is 9.83. The van der Waals surface area contributed by atoms with E-state index in [9.17, 15) is 32.5 Å². The fourth-order valence-electron chi connectivity index (χ4n) is 6.50. The van der Waals surface area contributed by atoms with Crippen molar-refractivity contribution >= 4 is 82.4 Å². The lowest BCUT2D eigenvalue weighted by molar-refractivity contribution is -0.112. The minimum Gasteiger partial charge on any atom is -0.505 e. The molecule has 1 aliphatic rings. The zero-order chi connectivity index (χ0) is 38.6. The van der Waals surface area contributed by atoms with Crippen LogP contribution < -0.4 is 10.1 Å². The number of amides is 1. The van der Waals surface area contributed by atoms with Crippen LogP contribution in [0.25, 0.3) is 27.5 Å². The SMILES string of the molecule is C=C(C(=O)Nc1ccc(OC)cc1C)/C(O)=C(/N=Nc1c(S(=O)(=O)O)cc(Br)c2c1C(=O)c1ccccc1C2=O)c1c(C)ccc2c1[nH]c1ccccc12. The highest BCUT2D eigenvalue weighted by Crippen LogP contribution is 2.43. The van der Waals surface area contributed by atoms with Crippen molar-refractivity contribution in [3.8, 4) is 5.75 Å². The van der Waals surface area contributed by atoms with E-state index in [-0.39, 0.29) is 32.4 Å². The van der Waals surface area contributed by atoms with Gasteiger partial charge in [-0.05, 0) is 71.2 Å². The van der Waals surface area contributed by atoms with Gasteiger partial charge in [-0.2, -0.15) is 8.42 Å². The summed E-state index contributed by atoms with van der Waals surface area (Å²) in [5.41, 5.74) is 1.18. The Bertz CT molecular complexity index is 2840. The molecule has 270 valence electrons. The van der Waals surface area contributed by atoms with E-state index in [0.717, 1.165) is 22.4 Å². The first-order chi connectivity index (χ1) is 25.7. The van der Waals surface area contributed by atoms with Crippen LogP contribution in [0.1, 0.15) is 48.5 Å². The Hall–Kier alpha value is -6.22. The molecule has 1 amide bonds. The van der Waals surface area contributed by atoms with Gasteiger partial charge in [-0.3, -0.25) is 18.9 Å². The third-order valence-electron chi connectivity index (χ3n) is 9.21. The molecule has 0 radical (unpaired) electrons. The molecule has 6 aromatic rings. The fourth-order valence-corrected chi connectivity index (χ4v) is 7.91. The van der Waals surface area contributed by atoms with E-state index in [4.69, 9.17) is 4.74 Å². The molecule has 1 aliphatic carbocycles. The van der Waals surface area contributed by atoms with E-state index in [0.29, 0.717) is 28.1 Å². The highest BCUT2D eigenvalue weighted by Gasteiger charge is 2.37. The summed E-state index contributed by atoms with van der Waals surface area (Å²) in [6.07, 6.45) is 0. The first-order valence-electron chi connectivity index (χ1n) is 16.2. The van der Waals surface area contributed by atoms with E-state index in [1.165, 1.54) is 19.2 Å². The summed E-state index contributed by atoms with van der Waals surface area (Å²) >= 11 is 3.21. The Kier molecular flexibility index (Phi) is 9.13. The van der Waals surface area contributed by atoms with Gasteiger partial charge in [0, 0.05) is 43.1 Å². The number of halogens is 1. The summed E-state index contributed by atoms with van der Waals surface area (Å²) < 4.78 is 41.2. The van der Waals surface area contributed by atoms with Crippen LogP contribution in [0.15, 0.2) is 122 Å². The molecule has 1 heterocycles. The van der Waals surface area contributed by atoms with E-state index < -0.39 is 55.1 Å². The van der Waals surface area contributed by atoms with E-state index in [1.54, 1.807) is 50.2 Å². The number of methoxy groups -OCH3 is 1. The summed E-state index contributed by atoms with van der Waals surface area (Å²) in [5, 5.41) is 24.8. The number of ketones is 2. The smallest absolute Gasteiger partial charge is 0.296 e. The molecule has 0 aliphatic heterocycles. The lowest BCUT2D eigenvalue weighted by Crippen LogP contribution is -2.22. The van der Waals surface area contributed by atoms with Crippen LogP contribution >= 0.6 is 15.9 Å². The highest BCUT2D eigenvalue weighted by molar-refractivity contribution is 9.10. The standard InChI is InChI=1S/C40H29BrN4O8S/c1-19-13-15-24-23-9-7-8-12-29(23)42-34(24)31(19)36(37(46)21(3)40(49)43-28-16-14-22(53-4)17-20(28)2)45-44-35-30(54(50,51)52)18-27(41)32-33(35)39(48)26-11-6-5-10-25(26)38(32)47/h5-18,42,46H,3H2,1-2,4H3,(H,43,49)(H,50,51,52)/b37-36-,45-44?. The zero-order valence-electron chi connectivity index (χ0n) is 28.8. The highest BCUT2D eigenvalue weighted by atomic mass is 79.9. The predicted molar refractivity (Wildman–Crippen MR) is 207 cm³/mol. The van der Waals surface area contributed by atoms with Gasteiger partial charge in [0.2, 0.25) is 0 Å². The van der Waals surface area contributed by atoms with Crippen LogP contribution in [0.3, 0.4) is 0 Å². The number of azo groups is 1. The van der Waals surface area contributed by atoms with Crippen LogP contribution in [0.5, 0.6) is 5.75 Å². The number of carbonyl (C=O) groups excluding carboxylic acids is 3. The number of aromatic nitrogens is 1. The maximum Gasteiger partial charge on any atom is 0.296 e. The molecule has 0 saturated heterocycles. The summed E-state index contributed by atoms with van der Waals surface area (Å²) in [5.74, 6) is -2.31. The topological polar surface area (TPSA) is 188 Å². The molecule has 4 N–H and O–H groups in total. The Morgan fingerprint density at radius 1 is 0.889 bits per heavy atom. The van der Waals surface area contributed by atoms with Crippen molar-refractivity contribution in [2.45, 2.75) is 18.7 Å². The first kappa shape index (κ1) is 36.2. The molecule has 1 aromatic heterocycles. The molecular formula is C40H29BrN4O8S. The fraction of sp³-hybridized carbons (Fsp3) is 0.0750. The third-order valence-corrected chi connectivity index (χ3v) is 10.7. The number of nitrogens with one attached hydrogen (secondary N) is 2. The molecule has 0 saturated carbocycles. The van der Waals surface area contributed by atoms with Crippen molar-refractivity contribution in [3.63, 3.8) is 0 Å². The average molecular weight is 806 g/mol. The number of rotatable bonds is 8. The van der Waals surface area contributed by atoms with Crippen molar-refractivity contribution in [2.24, 2.45) is 10.2 Å². The number of H-pyrrole nitrogens is 1. The van der Waals surface area contributed by atoms with Gasteiger partial charge in [0.25, 0.3) is 16.0 Å². The molecule has 0 spiro atoms. The van der Waals surface area contributed by atoms with Crippen molar-refractivity contribution < 1.29 is 37.2 Å². The molecule has 0 bridgehead atoms.